The molecule has 0 saturated carbocycles. The van der Waals surface area contributed by atoms with Crippen molar-refractivity contribution in [3.8, 4) is 0 Å². The minimum absolute atomic E-state index is 0.156. The van der Waals surface area contributed by atoms with Crippen molar-refractivity contribution in [3.05, 3.63) is 47.8 Å². The van der Waals surface area contributed by atoms with E-state index in [1.807, 2.05) is 30.3 Å². The van der Waals surface area contributed by atoms with Gasteiger partial charge in [-0.2, -0.15) is 13.2 Å². The SMILES string of the molecule is FC(F)(F)c1cn2c(n1)NCC(c1ccccc1)C2. The number of anilines is 1. The van der Waals surface area contributed by atoms with Gasteiger partial charge in [0.25, 0.3) is 0 Å². The Hall–Kier alpha value is -1.98. The van der Waals surface area contributed by atoms with Crippen LogP contribution in [0.5, 0.6) is 0 Å². The molecule has 0 spiro atoms. The summed E-state index contributed by atoms with van der Waals surface area (Å²) in [7, 11) is 0. The van der Waals surface area contributed by atoms with Crippen LogP contribution in [0.15, 0.2) is 36.5 Å². The fourth-order valence-corrected chi connectivity index (χ4v) is 2.30. The van der Waals surface area contributed by atoms with Gasteiger partial charge >= 0.3 is 6.18 Å². The predicted octanol–water partition coefficient (Wildman–Crippen LogP) is 3.11. The maximum absolute atomic E-state index is 12.6. The van der Waals surface area contributed by atoms with Crippen molar-refractivity contribution >= 4 is 5.95 Å². The molecule has 1 unspecified atom stereocenters. The number of fused-ring (bicyclic) bond motifs is 1. The van der Waals surface area contributed by atoms with E-state index in [2.05, 4.69) is 10.3 Å². The maximum Gasteiger partial charge on any atom is 0.434 e. The molecule has 0 fully saturated rings. The number of benzene rings is 1. The Kier molecular flexibility index (Phi) is 2.73. The molecular weight excluding hydrogens is 255 g/mol. The average molecular weight is 267 g/mol. The summed E-state index contributed by atoms with van der Waals surface area (Å²) >= 11 is 0. The van der Waals surface area contributed by atoms with E-state index in [-0.39, 0.29) is 5.92 Å². The topological polar surface area (TPSA) is 29.9 Å². The summed E-state index contributed by atoms with van der Waals surface area (Å²) in [6, 6.07) is 9.75. The third-order valence-electron chi connectivity index (χ3n) is 3.26. The minimum Gasteiger partial charge on any atom is -0.355 e. The van der Waals surface area contributed by atoms with Crippen LogP contribution >= 0.6 is 0 Å². The van der Waals surface area contributed by atoms with Gasteiger partial charge in [0.15, 0.2) is 5.69 Å². The number of aromatic nitrogens is 2. The fourth-order valence-electron chi connectivity index (χ4n) is 2.30. The first kappa shape index (κ1) is 12.1. The molecule has 1 N–H and O–H groups in total. The Balaban J connectivity index is 1.86. The van der Waals surface area contributed by atoms with Gasteiger partial charge in [-0.05, 0) is 5.56 Å². The molecule has 1 aromatic carbocycles. The molecule has 0 radical (unpaired) electrons. The lowest BCUT2D eigenvalue weighted by atomic mass is 9.98. The number of imidazole rings is 1. The summed E-state index contributed by atoms with van der Waals surface area (Å²) in [4.78, 5) is 3.58. The Bertz CT molecular complexity index is 575. The Morgan fingerprint density at radius 2 is 1.95 bits per heavy atom. The van der Waals surface area contributed by atoms with Gasteiger partial charge in [-0.25, -0.2) is 4.98 Å². The number of nitrogens with zero attached hydrogens (tertiary/aromatic N) is 2. The molecule has 6 heteroatoms. The molecule has 2 aromatic rings. The largest absolute Gasteiger partial charge is 0.434 e. The second kappa shape index (κ2) is 4.29. The van der Waals surface area contributed by atoms with E-state index in [0.29, 0.717) is 19.0 Å². The lowest BCUT2D eigenvalue weighted by molar-refractivity contribution is -0.140. The van der Waals surface area contributed by atoms with E-state index in [9.17, 15) is 13.2 Å². The summed E-state index contributed by atoms with van der Waals surface area (Å²) in [6.45, 7) is 1.10. The standard InChI is InChI=1S/C13H12F3N3/c14-13(15,16)11-8-19-7-10(6-17-12(19)18-11)9-4-2-1-3-5-9/h1-5,8,10H,6-7H2,(H,17,18). The van der Waals surface area contributed by atoms with Gasteiger partial charge in [0.2, 0.25) is 5.95 Å². The smallest absolute Gasteiger partial charge is 0.355 e. The van der Waals surface area contributed by atoms with Crippen LogP contribution in [0.2, 0.25) is 0 Å². The van der Waals surface area contributed by atoms with Gasteiger partial charge in [0.05, 0.1) is 0 Å². The molecule has 1 aliphatic heterocycles. The van der Waals surface area contributed by atoms with Gasteiger partial charge in [-0.1, -0.05) is 30.3 Å². The zero-order valence-corrected chi connectivity index (χ0v) is 9.98. The monoisotopic (exact) mass is 267 g/mol. The normalized spacial score (nSPS) is 18.8. The summed E-state index contributed by atoms with van der Waals surface area (Å²) < 4.78 is 39.3. The third kappa shape index (κ3) is 2.30. The number of halogens is 3. The number of alkyl halides is 3. The number of rotatable bonds is 1. The number of hydrogen-bond donors (Lipinski definition) is 1. The molecule has 19 heavy (non-hydrogen) atoms. The first-order valence-corrected chi connectivity index (χ1v) is 5.97. The van der Waals surface area contributed by atoms with Crippen molar-refractivity contribution < 1.29 is 13.2 Å². The molecule has 3 nitrogen and oxygen atoms in total. The maximum atomic E-state index is 12.6. The molecule has 1 aliphatic rings. The molecule has 0 saturated heterocycles. The predicted molar refractivity (Wildman–Crippen MR) is 64.9 cm³/mol. The highest BCUT2D eigenvalue weighted by Gasteiger charge is 2.35. The van der Waals surface area contributed by atoms with Gasteiger partial charge < -0.3 is 9.88 Å². The van der Waals surface area contributed by atoms with E-state index < -0.39 is 11.9 Å². The van der Waals surface area contributed by atoms with Gasteiger partial charge in [0.1, 0.15) is 0 Å². The molecule has 100 valence electrons. The first-order valence-electron chi connectivity index (χ1n) is 5.97. The Morgan fingerprint density at radius 3 is 2.63 bits per heavy atom. The van der Waals surface area contributed by atoms with Gasteiger partial charge in [-0.3, -0.25) is 0 Å². The summed E-state index contributed by atoms with van der Waals surface area (Å²) in [5.74, 6) is 0.448. The van der Waals surface area contributed by atoms with E-state index in [1.165, 1.54) is 4.57 Å². The molecule has 1 atom stereocenters. The fraction of sp³-hybridized carbons (Fsp3) is 0.308. The van der Waals surface area contributed by atoms with Gasteiger partial charge in [0, 0.05) is 25.2 Å². The highest BCUT2D eigenvalue weighted by Crippen LogP contribution is 2.32. The van der Waals surface area contributed by atoms with Crippen molar-refractivity contribution in [2.45, 2.75) is 18.6 Å². The summed E-state index contributed by atoms with van der Waals surface area (Å²) in [6.07, 6.45) is -3.33. The van der Waals surface area contributed by atoms with Crippen LogP contribution in [0.3, 0.4) is 0 Å². The summed E-state index contributed by atoms with van der Waals surface area (Å²) in [5.41, 5.74) is 0.270. The van der Waals surface area contributed by atoms with E-state index >= 15 is 0 Å². The molecule has 1 aromatic heterocycles. The van der Waals surface area contributed by atoms with Crippen molar-refractivity contribution in [2.24, 2.45) is 0 Å². The van der Waals surface area contributed by atoms with Crippen LogP contribution in [0.1, 0.15) is 17.2 Å². The van der Waals surface area contributed by atoms with Crippen LogP contribution in [-0.4, -0.2) is 16.1 Å². The Labute approximate surface area is 108 Å². The lowest BCUT2D eigenvalue weighted by Gasteiger charge is -2.25. The van der Waals surface area contributed by atoms with Crippen LogP contribution in [0, 0.1) is 0 Å². The minimum atomic E-state index is -4.39. The highest BCUT2D eigenvalue weighted by molar-refractivity contribution is 5.35. The Morgan fingerprint density at radius 1 is 1.21 bits per heavy atom. The number of hydrogen-bond acceptors (Lipinski definition) is 2. The van der Waals surface area contributed by atoms with E-state index in [1.54, 1.807) is 0 Å². The van der Waals surface area contributed by atoms with E-state index in [4.69, 9.17) is 0 Å². The van der Waals surface area contributed by atoms with Crippen molar-refractivity contribution in [3.63, 3.8) is 0 Å². The third-order valence-corrected chi connectivity index (χ3v) is 3.26. The van der Waals surface area contributed by atoms with Crippen molar-refractivity contribution in [1.29, 1.82) is 0 Å². The second-order valence-corrected chi connectivity index (χ2v) is 4.59. The summed E-state index contributed by atoms with van der Waals surface area (Å²) in [5, 5.41) is 2.96. The van der Waals surface area contributed by atoms with Crippen molar-refractivity contribution in [1.82, 2.24) is 9.55 Å². The molecule has 0 bridgehead atoms. The molecule has 3 rings (SSSR count). The molecular formula is C13H12F3N3. The average Bonchev–Trinajstić information content (AvgIpc) is 2.82. The highest BCUT2D eigenvalue weighted by atomic mass is 19.4. The lowest BCUT2D eigenvalue weighted by Crippen LogP contribution is -2.25. The van der Waals surface area contributed by atoms with Gasteiger partial charge in [-0.15, -0.1) is 0 Å². The molecule has 0 aliphatic carbocycles. The zero-order chi connectivity index (χ0) is 13.5. The van der Waals surface area contributed by atoms with Crippen LogP contribution in [0.4, 0.5) is 19.1 Å². The molecule has 2 heterocycles. The number of nitrogens with one attached hydrogen (secondary N) is 1. The van der Waals surface area contributed by atoms with Crippen LogP contribution < -0.4 is 5.32 Å². The second-order valence-electron chi connectivity index (χ2n) is 4.59. The zero-order valence-electron chi connectivity index (χ0n) is 9.98. The van der Waals surface area contributed by atoms with E-state index in [0.717, 1.165) is 11.8 Å². The van der Waals surface area contributed by atoms with Crippen molar-refractivity contribution in [2.75, 3.05) is 11.9 Å². The quantitative estimate of drug-likeness (QED) is 0.860. The first-order chi connectivity index (χ1) is 9.04. The molecule has 0 amide bonds. The van der Waals surface area contributed by atoms with Crippen LogP contribution in [0.25, 0.3) is 0 Å². The van der Waals surface area contributed by atoms with Crippen LogP contribution in [-0.2, 0) is 12.7 Å².